The first kappa shape index (κ1) is 16.5. The lowest BCUT2D eigenvalue weighted by atomic mass is 9.89. The van der Waals surface area contributed by atoms with E-state index in [0.29, 0.717) is 24.0 Å². The van der Waals surface area contributed by atoms with Gasteiger partial charge in [-0.25, -0.2) is 0 Å². The van der Waals surface area contributed by atoms with Crippen molar-refractivity contribution < 1.29 is 0 Å². The van der Waals surface area contributed by atoms with Crippen LogP contribution in [0.2, 0.25) is 0 Å². The molecule has 0 amide bonds. The first-order valence-corrected chi connectivity index (χ1v) is 8.14. The lowest BCUT2D eigenvalue weighted by Gasteiger charge is -2.41. The molecule has 0 aromatic heterocycles. The molecule has 4 atom stereocenters. The first-order valence-electron chi connectivity index (χ1n) is 8.14. The third-order valence-electron chi connectivity index (χ3n) is 4.99. The van der Waals surface area contributed by atoms with Gasteiger partial charge in [0.15, 0.2) is 0 Å². The van der Waals surface area contributed by atoms with Crippen molar-refractivity contribution in [2.24, 2.45) is 5.92 Å². The Hall–Kier alpha value is -0.900. The standard InChI is InChI=1S/C18H31N3/c1-14-13-21(5)15(2)11-17(14)19-12-18(20(3)4)16-9-7-6-8-10-16/h6-10,14-15,17-19H,11-13H2,1-5H3. The van der Waals surface area contributed by atoms with Crippen LogP contribution in [0.3, 0.4) is 0 Å². The van der Waals surface area contributed by atoms with Gasteiger partial charge in [0.1, 0.15) is 0 Å². The van der Waals surface area contributed by atoms with Crippen LogP contribution in [0.5, 0.6) is 0 Å². The largest absolute Gasteiger partial charge is 0.312 e. The number of nitrogens with one attached hydrogen (secondary N) is 1. The Morgan fingerprint density at radius 2 is 1.90 bits per heavy atom. The zero-order chi connectivity index (χ0) is 15.4. The molecule has 0 saturated carbocycles. The number of piperidine rings is 1. The van der Waals surface area contributed by atoms with E-state index in [9.17, 15) is 0 Å². The predicted octanol–water partition coefficient (Wildman–Crippen LogP) is 2.61. The molecular weight excluding hydrogens is 258 g/mol. The Morgan fingerprint density at radius 1 is 1.24 bits per heavy atom. The molecule has 1 aromatic carbocycles. The average molecular weight is 289 g/mol. The highest BCUT2D eigenvalue weighted by molar-refractivity contribution is 5.19. The Balaban J connectivity index is 1.96. The van der Waals surface area contributed by atoms with E-state index in [1.54, 1.807) is 0 Å². The summed E-state index contributed by atoms with van der Waals surface area (Å²) < 4.78 is 0. The normalized spacial score (nSPS) is 28.8. The molecule has 1 aliphatic heterocycles. The fraction of sp³-hybridized carbons (Fsp3) is 0.667. The minimum Gasteiger partial charge on any atom is -0.312 e. The second-order valence-corrected chi connectivity index (χ2v) is 6.91. The molecule has 1 aromatic rings. The van der Waals surface area contributed by atoms with E-state index >= 15 is 0 Å². The quantitative estimate of drug-likeness (QED) is 0.899. The average Bonchev–Trinajstić information content (AvgIpc) is 2.45. The summed E-state index contributed by atoms with van der Waals surface area (Å²) in [6, 6.07) is 12.5. The van der Waals surface area contributed by atoms with Gasteiger partial charge in [-0.3, -0.25) is 0 Å². The maximum Gasteiger partial charge on any atom is 0.0466 e. The van der Waals surface area contributed by atoms with Crippen molar-refractivity contribution in [1.82, 2.24) is 15.1 Å². The van der Waals surface area contributed by atoms with Gasteiger partial charge in [-0.15, -0.1) is 0 Å². The zero-order valence-corrected chi connectivity index (χ0v) is 14.2. The van der Waals surface area contributed by atoms with Crippen molar-refractivity contribution in [2.75, 3.05) is 34.2 Å². The van der Waals surface area contributed by atoms with Gasteiger partial charge in [0.2, 0.25) is 0 Å². The smallest absolute Gasteiger partial charge is 0.0466 e. The van der Waals surface area contributed by atoms with Gasteiger partial charge in [-0.2, -0.15) is 0 Å². The topological polar surface area (TPSA) is 18.5 Å². The van der Waals surface area contributed by atoms with Gasteiger partial charge in [0.25, 0.3) is 0 Å². The van der Waals surface area contributed by atoms with Crippen molar-refractivity contribution in [3.8, 4) is 0 Å². The molecular formula is C18H31N3. The molecule has 1 heterocycles. The molecule has 21 heavy (non-hydrogen) atoms. The lowest BCUT2D eigenvalue weighted by molar-refractivity contribution is 0.117. The highest BCUT2D eigenvalue weighted by Gasteiger charge is 2.29. The van der Waals surface area contributed by atoms with E-state index in [-0.39, 0.29) is 0 Å². The Bertz CT molecular complexity index is 418. The number of hydrogen-bond acceptors (Lipinski definition) is 3. The molecule has 2 rings (SSSR count). The highest BCUT2D eigenvalue weighted by atomic mass is 15.2. The van der Waals surface area contributed by atoms with Crippen LogP contribution in [-0.2, 0) is 0 Å². The summed E-state index contributed by atoms with van der Waals surface area (Å²) in [5.41, 5.74) is 1.39. The van der Waals surface area contributed by atoms with Crippen LogP contribution in [0.15, 0.2) is 30.3 Å². The number of nitrogens with zero attached hydrogens (tertiary/aromatic N) is 2. The summed E-state index contributed by atoms with van der Waals surface area (Å²) in [7, 11) is 6.57. The first-order chi connectivity index (χ1) is 9.99. The SMILES string of the molecule is CC1CN(C)C(C)CC1NCC(c1ccccc1)N(C)C. The van der Waals surface area contributed by atoms with Crippen LogP contribution in [0.1, 0.15) is 31.9 Å². The zero-order valence-electron chi connectivity index (χ0n) is 14.2. The van der Waals surface area contributed by atoms with Gasteiger partial charge in [0.05, 0.1) is 0 Å². The number of likely N-dealkylation sites (N-methyl/N-ethyl adjacent to an activating group) is 1. The maximum absolute atomic E-state index is 3.83. The van der Waals surface area contributed by atoms with Crippen molar-refractivity contribution in [3.63, 3.8) is 0 Å². The second kappa shape index (κ2) is 7.39. The van der Waals surface area contributed by atoms with Crippen LogP contribution in [0.4, 0.5) is 0 Å². The minimum atomic E-state index is 0.438. The van der Waals surface area contributed by atoms with Crippen LogP contribution >= 0.6 is 0 Å². The second-order valence-electron chi connectivity index (χ2n) is 6.91. The highest BCUT2D eigenvalue weighted by Crippen LogP contribution is 2.22. The summed E-state index contributed by atoms with van der Waals surface area (Å²) in [5, 5.41) is 3.83. The van der Waals surface area contributed by atoms with Crippen molar-refractivity contribution in [1.29, 1.82) is 0 Å². The Morgan fingerprint density at radius 3 is 2.52 bits per heavy atom. The van der Waals surface area contributed by atoms with Gasteiger partial charge in [-0.05, 0) is 46.0 Å². The summed E-state index contributed by atoms with van der Waals surface area (Å²) in [4.78, 5) is 4.79. The molecule has 1 saturated heterocycles. The van der Waals surface area contributed by atoms with Crippen LogP contribution in [-0.4, -0.2) is 56.1 Å². The van der Waals surface area contributed by atoms with Crippen LogP contribution in [0.25, 0.3) is 0 Å². The molecule has 1 aliphatic rings. The molecule has 3 nitrogen and oxygen atoms in total. The monoisotopic (exact) mass is 289 g/mol. The molecule has 0 radical (unpaired) electrons. The molecule has 4 unspecified atom stereocenters. The number of benzene rings is 1. The summed E-state index contributed by atoms with van der Waals surface area (Å²) >= 11 is 0. The van der Waals surface area contributed by atoms with Gasteiger partial charge < -0.3 is 15.1 Å². The predicted molar refractivity (Wildman–Crippen MR) is 90.5 cm³/mol. The molecule has 0 spiro atoms. The van der Waals surface area contributed by atoms with Crippen molar-refractivity contribution >= 4 is 0 Å². The Kier molecular flexibility index (Phi) is 5.80. The minimum absolute atomic E-state index is 0.438. The molecule has 118 valence electrons. The summed E-state index contributed by atoms with van der Waals surface area (Å²) in [6.45, 7) is 6.91. The van der Waals surface area contributed by atoms with Crippen molar-refractivity contribution in [3.05, 3.63) is 35.9 Å². The third-order valence-corrected chi connectivity index (χ3v) is 4.99. The van der Waals surface area contributed by atoms with E-state index in [1.807, 2.05) is 0 Å². The fourth-order valence-corrected chi connectivity index (χ4v) is 3.36. The fourth-order valence-electron chi connectivity index (χ4n) is 3.36. The molecule has 1 N–H and O–H groups in total. The van der Waals surface area contributed by atoms with E-state index in [0.717, 1.165) is 6.54 Å². The summed E-state index contributed by atoms with van der Waals surface area (Å²) in [6.07, 6.45) is 1.24. The van der Waals surface area contributed by atoms with Crippen molar-refractivity contribution in [2.45, 2.75) is 38.4 Å². The van der Waals surface area contributed by atoms with Gasteiger partial charge in [-0.1, -0.05) is 37.3 Å². The summed E-state index contributed by atoms with van der Waals surface area (Å²) in [5.74, 6) is 0.713. The van der Waals surface area contributed by atoms with Crippen LogP contribution < -0.4 is 5.32 Å². The molecule has 1 fully saturated rings. The van der Waals surface area contributed by atoms with Crippen LogP contribution in [0, 0.1) is 5.92 Å². The van der Waals surface area contributed by atoms with Gasteiger partial charge >= 0.3 is 0 Å². The van der Waals surface area contributed by atoms with E-state index in [2.05, 4.69) is 80.4 Å². The molecule has 0 aliphatic carbocycles. The number of likely N-dealkylation sites (tertiary alicyclic amines) is 1. The molecule has 0 bridgehead atoms. The van der Waals surface area contributed by atoms with E-state index in [4.69, 9.17) is 0 Å². The maximum atomic E-state index is 3.83. The van der Waals surface area contributed by atoms with E-state index in [1.165, 1.54) is 18.5 Å². The Labute approximate surface area is 130 Å². The van der Waals surface area contributed by atoms with E-state index < -0.39 is 0 Å². The number of hydrogen-bond donors (Lipinski definition) is 1. The third kappa shape index (κ3) is 4.29. The number of rotatable bonds is 5. The van der Waals surface area contributed by atoms with Gasteiger partial charge in [0, 0.05) is 31.2 Å². The molecule has 3 heteroatoms. The lowest BCUT2D eigenvalue weighted by Crippen LogP contribution is -2.52.